The van der Waals surface area contributed by atoms with Gasteiger partial charge in [-0.05, 0) is 196 Å². The zero-order valence-corrected chi connectivity index (χ0v) is 50.1. The second-order valence-corrected chi connectivity index (χ2v) is 29.8. The van der Waals surface area contributed by atoms with Gasteiger partial charge in [-0.1, -0.05) is 236 Å². The topological polar surface area (TPSA) is 3.24 Å². The van der Waals surface area contributed by atoms with Gasteiger partial charge in [-0.2, -0.15) is 0 Å². The molecule has 0 saturated heterocycles. The van der Waals surface area contributed by atoms with E-state index in [9.17, 15) is 0 Å². The number of aryl methyl sites for hydroxylation is 2. The first-order valence-corrected chi connectivity index (χ1v) is 30.2. The van der Waals surface area contributed by atoms with Crippen molar-refractivity contribution in [3.63, 3.8) is 0 Å². The largest absolute Gasteiger partial charge is 0.311 e. The minimum atomic E-state index is -0.101. The third-order valence-electron chi connectivity index (χ3n) is 20.2. The van der Waals surface area contributed by atoms with Crippen LogP contribution >= 0.6 is 0 Å². The van der Waals surface area contributed by atoms with Crippen LogP contribution in [-0.4, -0.2) is 6.71 Å². The Morgan fingerprint density at radius 1 is 0.418 bits per heavy atom. The maximum atomic E-state index is 2.77. The molecule has 0 spiro atoms. The molecule has 400 valence electrons. The van der Waals surface area contributed by atoms with E-state index in [1.165, 1.54) is 118 Å². The molecule has 2 unspecified atom stereocenters. The lowest BCUT2D eigenvalue weighted by Crippen LogP contribution is -2.62. The molecule has 3 aliphatic carbocycles. The van der Waals surface area contributed by atoms with Gasteiger partial charge in [-0.25, -0.2) is 0 Å². The lowest BCUT2D eigenvalue weighted by molar-refractivity contribution is 0.402. The van der Waals surface area contributed by atoms with Crippen LogP contribution in [0.1, 0.15) is 212 Å². The highest BCUT2D eigenvalue weighted by atomic mass is 15.2. The average molecular weight is 1030 g/mol. The molecule has 2 bridgehead atoms. The van der Waals surface area contributed by atoms with Crippen LogP contribution < -0.4 is 21.3 Å². The summed E-state index contributed by atoms with van der Waals surface area (Å²) in [5.74, 6) is 0.442. The molecular formula is C77H84BN. The van der Waals surface area contributed by atoms with Crippen LogP contribution in [-0.2, 0) is 51.8 Å². The van der Waals surface area contributed by atoms with Crippen molar-refractivity contribution in [2.24, 2.45) is 0 Å². The Kier molecular flexibility index (Phi) is 11.9. The van der Waals surface area contributed by atoms with E-state index in [1.54, 1.807) is 11.1 Å². The minimum absolute atomic E-state index is 0.0172. The lowest BCUT2D eigenvalue weighted by atomic mass is 9.30. The van der Waals surface area contributed by atoms with Crippen molar-refractivity contribution >= 4 is 40.2 Å². The van der Waals surface area contributed by atoms with Crippen LogP contribution in [0.2, 0.25) is 0 Å². The molecule has 79 heavy (non-hydrogen) atoms. The first-order chi connectivity index (χ1) is 37.4. The Balaban J connectivity index is 1.12. The van der Waals surface area contributed by atoms with Gasteiger partial charge < -0.3 is 4.90 Å². The highest BCUT2D eigenvalue weighted by molar-refractivity contribution is 6.99. The van der Waals surface area contributed by atoms with Gasteiger partial charge >= 0.3 is 0 Å². The van der Waals surface area contributed by atoms with E-state index in [1.807, 2.05) is 0 Å². The SMILES string of the molecule is CC(C)(C)c1ccc(N2c3cc4c(cc3B3c5ccc6cc5C(CCc5cc7c(cc5Cc5ccccc5CCC6c5ccccc5)C(C)(C)CC7(C)C)c5cc(C(C)(C)C)cc2c53)C(C)(C)CC4(C)C)c(-c2ccccc2)c1. The molecule has 2 heterocycles. The van der Waals surface area contributed by atoms with Crippen molar-refractivity contribution in [1.29, 1.82) is 0 Å². The highest BCUT2D eigenvalue weighted by Crippen LogP contribution is 2.55. The molecule has 1 nitrogen and oxygen atoms in total. The maximum Gasteiger partial charge on any atom is 0.247 e. The fourth-order valence-electron chi connectivity index (χ4n) is 16.6. The van der Waals surface area contributed by atoms with Gasteiger partial charge in [0.25, 0.3) is 0 Å². The van der Waals surface area contributed by atoms with E-state index in [2.05, 4.69) is 260 Å². The summed E-state index contributed by atoms with van der Waals surface area (Å²) in [5, 5.41) is 0. The Morgan fingerprint density at radius 2 is 0.987 bits per heavy atom. The number of rotatable bonds is 3. The third kappa shape index (κ3) is 8.63. The summed E-state index contributed by atoms with van der Waals surface area (Å²) in [6, 6.07) is 63.7. The highest BCUT2D eigenvalue weighted by Gasteiger charge is 2.49. The standard InChI is InChI=1S/C77H84BN/c1-72(2,3)55-32-36-68(59(41-55)50-26-19-16-20-27-50)79-69-45-65-64(76(11,12)47-77(65,13)14)44-67(69)78-66-35-31-53-38-60(66)58(61-42-56(73(4,5)6)43-70(79)71(61)78)34-30-52-39-62-63(75(9,10)46-74(62,7)8)40-54(52)37-51-28-22-21-23-48(51)29-33-57(53)49-24-17-15-18-25-49/h15-28,31-32,35-36,38-45,57-58H,29-30,33-34,37,46-47H2,1-14H3. The van der Waals surface area contributed by atoms with Crippen LogP contribution in [0, 0.1) is 0 Å². The zero-order chi connectivity index (χ0) is 55.3. The third-order valence-corrected chi connectivity index (χ3v) is 20.2. The molecular weight excluding hydrogens is 950 g/mol. The Hall–Kier alpha value is -6.38. The molecule has 2 heteroatoms. The van der Waals surface area contributed by atoms with Crippen LogP contribution in [0.5, 0.6) is 0 Å². The Morgan fingerprint density at radius 3 is 1.65 bits per heavy atom. The van der Waals surface area contributed by atoms with Crippen LogP contribution in [0.4, 0.5) is 17.1 Å². The zero-order valence-electron chi connectivity index (χ0n) is 50.1. The molecule has 2 aliphatic heterocycles. The fraction of sp³-hybridized carbons (Fsp3) is 0.377. The van der Waals surface area contributed by atoms with Gasteiger partial charge in [-0.3, -0.25) is 0 Å². The van der Waals surface area contributed by atoms with Crippen molar-refractivity contribution in [3.8, 4) is 11.1 Å². The number of fused-ring (bicyclic) bond motifs is 9. The molecule has 8 aromatic carbocycles. The van der Waals surface area contributed by atoms with Gasteiger partial charge in [-0.15, -0.1) is 0 Å². The van der Waals surface area contributed by atoms with E-state index in [4.69, 9.17) is 0 Å². The number of benzene rings is 8. The first-order valence-electron chi connectivity index (χ1n) is 30.2. The average Bonchev–Trinajstić information content (AvgIpc) is 3.94. The maximum absolute atomic E-state index is 2.77. The summed E-state index contributed by atoms with van der Waals surface area (Å²) in [4.78, 5) is 2.77. The van der Waals surface area contributed by atoms with Gasteiger partial charge in [0.2, 0.25) is 6.71 Å². The van der Waals surface area contributed by atoms with E-state index < -0.39 is 0 Å². The molecule has 0 fully saturated rings. The molecule has 0 saturated carbocycles. The summed E-state index contributed by atoms with van der Waals surface area (Å²) < 4.78 is 0. The van der Waals surface area contributed by atoms with E-state index in [0.717, 1.165) is 38.5 Å². The van der Waals surface area contributed by atoms with Gasteiger partial charge in [0.15, 0.2) is 0 Å². The number of hydrogen-bond acceptors (Lipinski definition) is 1. The normalized spacial score (nSPS) is 20.0. The lowest BCUT2D eigenvalue weighted by Gasteiger charge is -2.45. The van der Waals surface area contributed by atoms with Crippen molar-refractivity contribution in [3.05, 3.63) is 236 Å². The molecule has 0 aromatic heterocycles. The van der Waals surface area contributed by atoms with E-state index in [0.29, 0.717) is 0 Å². The summed E-state index contributed by atoms with van der Waals surface area (Å²) in [6.07, 6.45) is 7.38. The molecule has 8 aromatic rings. The molecule has 13 rings (SSSR count). The van der Waals surface area contributed by atoms with Crippen molar-refractivity contribution in [2.75, 3.05) is 4.90 Å². The quantitative estimate of drug-likeness (QED) is 0.159. The van der Waals surface area contributed by atoms with Gasteiger partial charge in [0.05, 0.1) is 5.69 Å². The minimum Gasteiger partial charge on any atom is -0.311 e. The number of hydrogen-bond donors (Lipinski definition) is 0. The Bertz CT molecular complexity index is 3740. The van der Waals surface area contributed by atoms with Gasteiger partial charge in [0.1, 0.15) is 0 Å². The number of nitrogens with zero attached hydrogens (tertiary/aromatic N) is 1. The van der Waals surface area contributed by atoms with E-state index in [-0.39, 0.29) is 51.0 Å². The summed E-state index contributed by atoms with van der Waals surface area (Å²) in [6.45, 7) is 34.4. The van der Waals surface area contributed by atoms with Crippen LogP contribution in [0.3, 0.4) is 0 Å². The predicted octanol–water partition coefficient (Wildman–Crippen LogP) is 17.9. The predicted molar refractivity (Wildman–Crippen MR) is 339 cm³/mol. The molecule has 0 radical (unpaired) electrons. The summed E-state index contributed by atoms with van der Waals surface area (Å²) in [7, 11) is 0. The molecule has 2 atom stereocenters. The van der Waals surface area contributed by atoms with Crippen molar-refractivity contribution < 1.29 is 0 Å². The monoisotopic (exact) mass is 1030 g/mol. The second-order valence-electron chi connectivity index (χ2n) is 29.8. The molecule has 0 amide bonds. The van der Waals surface area contributed by atoms with Crippen molar-refractivity contribution in [2.45, 2.75) is 186 Å². The van der Waals surface area contributed by atoms with E-state index >= 15 is 0 Å². The molecule has 0 N–H and O–H groups in total. The smallest absolute Gasteiger partial charge is 0.247 e. The van der Waals surface area contributed by atoms with Crippen LogP contribution in [0.25, 0.3) is 11.1 Å². The first kappa shape index (κ1) is 52.0. The summed E-state index contributed by atoms with van der Waals surface area (Å²) >= 11 is 0. The number of anilines is 3. The Labute approximate surface area is 475 Å². The van der Waals surface area contributed by atoms with Crippen molar-refractivity contribution in [1.82, 2.24) is 0 Å². The summed E-state index contributed by atoms with van der Waals surface area (Å²) in [5.41, 5.74) is 32.0. The second kappa shape index (κ2) is 18.1. The van der Waals surface area contributed by atoms with Gasteiger partial charge in [0, 0.05) is 28.8 Å². The molecule has 5 aliphatic rings. The fourth-order valence-corrected chi connectivity index (χ4v) is 16.6. The van der Waals surface area contributed by atoms with Crippen LogP contribution in [0.15, 0.2) is 158 Å².